The Labute approximate surface area is 185 Å². The molecule has 1 heterocycles. The lowest BCUT2D eigenvalue weighted by Crippen LogP contribution is -2.14. The van der Waals surface area contributed by atoms with Crippen molar-refractivity contribution in [2.45, 2.75) is 6.18 Å². The Morgan fingerprint density at radius 3 is 2.36 bits per heavy atom. The van der Waals surface area contributed by atoms with Crippen molar-refractivity contribution < 1.29 is 32.7 Å². The maximum Gasteiger partial charge on any atom is 0.416 e. The minimum atomic E-state index is -4.56. The van der Waals surface area contributed by atoms with Crippen LogP contribution in [0.3, 0.4) is 0 Å². The number of carboxylic acids is 1. The molecule has 0 aliphatic carbocycles. The Morgan fingerprint density at radius 2 is 1.64 bits per heavy atom. The zero-order valence-electron chi connectivity index (χ0n) is 16.8. The Balaban J connectivity index is 1.66. The van der Waals surface area contributed by atoms with Gasteiger partial charge in [-0.05, 0) is 54.1 Å². The summed E-state index contributed by atoms with van der Waals surface area (Å²) in [5, 5.41) is 14.0. The van der Waals surface area contributed by atoms with Crippen LogP contribution in [-0.4, -0.2) is 27.9 Å². The van der Waals surface area contributed by atoms with Gasteiger partial charge in [-0.1, -0.05) is 18.2 Å². The Kier molecular flexibility index (Phi) is 6.87. The van der Waals surface area contributed by atoms with Crippen molar-refractivity contribution in [3.05, 3.63) is 95.3 Å². The number of hydrogen-bond acceptors (Lipinski definition) is 4. The maximum atomic E-state index is 12.9. The van der Waals surface area contributed by atoms with Crippen molar-refractivity contribution in [3.8, 4) is 0 Å². The number of aromatic nitrogens is 1. The minimum absolute atomic E-state index is 0.150. The third-order valence-electron chi connectivity index (χ3n) is 4.27. The third kappa shape index (κ3) is 6.50. The van der Waals surface area contributed by atoms with Crippen molar-refractivity contribution in [2.75, 3.05) is 10.6 Å². The van der Waals surface area contributed by atoms with E-state index in [0.717, 1.165) is 18.2 Å². The zero-order chi connectivity index (χ0) is 24.0. The van der Waals surface area contributed by atoms with E-state index in [2.05, 4.69) is 15.6 Å². The minimum Gasteiger partial charge on any atom is -0.477 e. The number of rotatable bonds is 6. The van der Waals surface area contributed by atoms with Gasteiger partial charge in [-0.15, -0.1) is 0 Å². The van der Waals surface area contributed by atoms with E-state index in [-0.39, 0.29) is 16.9 Å². The van der Waals surface area contributed by atoms with Crippen LogP contribution in [-0.2, 0) is 11.0 Å². The molecular weight excluding hydrogens is 439 g/mol. The molecule has 0 radical (unpaired) electrons. The number of amides is 2. The summed E-state index contributed by atoms with van der Waals surface area (Å²) < 4.78 is 38.6. The third-order valence-corrected chi connectivity index (χ3v) is 4.27. The molecule has 0 bridgehead atoms. The second kappa shape index (κ2) is 9.77. The number of anilines is 2. The Bertz CT molecular complexity index is 1240. The molecule has 0 aliphatic heterocycles. The Morgan fingerprint density at radius 1 is 0.909 bits per heavy atom. The predicted octanol–water partition coefficient (Wildman–Crippen LogP) is 4.70. The van der Waals surface area contributed by atoms with Crippen LogP contribution in [0.5, 0.6) is 0 Å². The SMILES string of the molecule is O=C(/C=C/c1cccc(NC(=O)c2cccc(C(F)(F)F)c2)c1)Nc1ccnc(C(=O)O)c1. The van der Waals surface area contributed by atoms with Crippen molar-refractivity contribution in [1.82, 2.24) is 4.98 Å². The van der Waals surface area contributed by atoms with Gasteiger partial charge in [-0.25, -0.2) is 9.78 Å². The zero-order valence-corrected chi connectivity index (χ0v) is 16.8. The molecule has 0 fully saturated rings. The first-order valence-electron chi connectivity index (χ1n) is 9.39. The largest absolute Gasteiger partial charge is 0.477 e. The summed E-state index contributed by atoms with van der Waals surface area (Å²) in [6.45, 7) is 0. The molecule has 0 saturated carbocycles. The van der Waals surface area contributed by atoms with Gasteiger partial charge in [0.05, 0.1) is 5.56 Å². The topological polar surface area (TPSA) is 108 Å². The molecule has 0 unspecified atom stereocenters. The second-order valence-electron chi connectivity index (χ2n) is 6.72. The molecule has 1 aromatic heterocycles. The number of nitrogens with one attached hydrogen (secondary N) is 2. The number of halogens is 3. The molecule has 33 heavy (non-hydrogen) atoms. The molecule has 2 aromatic carbocycles. The monoisotopic (exact) mass is 455 g/mol. The fraction of sp³-hybridized carbons (Fsp3) is 0.0435. The van der Waals surface area contributed by atoms with Crippen LogP contribution in [0.15, 0.2) is 72.9 Å². The van der Waals surface area contributed by atoms with Crippen LogP contribution in [0.2, 0.25) is 0 Å². The number of carbonyl (C=O) groups excluding carboxylic acids is 2. The van der Waals surface area contributed by atoms with Crippen molar-refractivity contribution >= 4 is 35.2 Å². The van der Waals surface area contributed by atoms with Crippen molar-refractivity contribution in [1.29, 1.82) is 0 Å². The van der Waals surface area contributed by atoms with Gasteiger partial charge < -0.3 is 15.7 Å². The van der Waals surface area contributed by atoms with E-state index in [1.54, 1.807) is 18.2 Å². The number of aromatic carboxylic acids is 1. The lowest BCUT2D eigenvalue weighted by atomic mass is 10.1. The standard InChI is InChI=1S/C23H16F3N3O4/c24-23(25,26)16-5-2-4-15(12-16)21(31)29-17-6-1-3-14(11-17)7-8-20(30)28-18-9-10-27-19(13-18)22(32)33/h1-13H,(H,29,31)(H,32,33)(H,27,28,30)/b8-7+. The summed E-state index contributed by atoms with van der Waals surface area (Å²) in [6, 6.07) is 13.0. The van der Waals surface area contributed by atoms with E-state index in [4.69, 9.17) is 5.11 Å². The van der Waals surface area contributed by atoms with Gasteiger partial charge in [0, 0.05) is 29.2 Å². The van der Waals surface area contributed by atoms with Gasteiger partial charge in [0.15, 0.2) is 0 Å². The number of carboxylic acid groups (broad SMARTS) is 1. The summed E-state index contributed by atoms with van der Waals surface area (Å²) in [4.78, 5) is 39.0. The van der Waals surface area contributed by atoms with Gasteiger partial charge in [0.2, 0.25) is 5.91 Å². The predicted molar refractivity (Wildman–Crippen MR) is 115 cm³/mol. The van der Waals surface area contributed by atoms with Gasteiger partial charge in [-0.2, -0.15) is 13.2 Å². The van der Waals surface area contributed by atoms with Crippen LogP contribution in [0.4, 0.5) is 24.5 Å². The molecule has 7 nitrogen and oxygen atoms in total. The molecule has 3 N–H and O–H groups in total. The highest BCUT2D eigenvalue weighted by atomic mass is 19.4. The smallest absolute Gasteiger partial charge is 0.416 e. The first kappa shape index (κ1) is 23.2. The van der Waals surface area contributed by atoms with E-state index in [9.17, 15) is 27.6 Å². The first-order chi connectivity index (χ1) is 15.6. The number of benzene rings is 2. The summed E-state index contributed by atoms with van der Waals surface area (Å²) in [5.41, 5.74) is -0.195. The fourth-order valence-electron chi connectivity index (χ4n) is 2.74. The van der Waals surface area contributed by atoms with Crippen LogP contribution in [0.1, 0.15) is 32.0 Å². The van der Waals surface area contributed by atoms with Gasteiger partial charge in [-0.3, -0.25) is 9.59 Å². The molecule has 0 spiro atoms. The first-order valence-corrected chi connectivity index (χ1v) is 9.39. The molecule has 2 amide bonds. The molecular formula is C23H16F3N3O4. The van der Waals surface area contributed by atoms with Gasteiger partial charge >= 0.3 is 12.1 Å². The summed E-state index contributed by atoms with van der Waals surface area (Å²) in [6.07, 6.45) is -0.657. The molecule has 0 aliphatic rings. The highest BCUT2D eigenvalue weighted by Crippen LogP contribution is 2.29. The van der Waals surface area contributed by atoms with E-state index in [1.807, 2.05) is 0 Å². The molecule has 0 saturated heterocycles. The number of pyridine rings is 1. The molecule has 10 heteroatoms. The number of alkyl halides is 3. The van der Waals surface area contributed by atoms with E-state index in [0.29, 0.717) is 11.3 Å². The molecule has 0 atom stereocenters. The lowest BCUT2D eigenvalue weighted by molar-refractivity contribution is -0.137. The van der Waals surface area contributed by atoms with Crippen LogP contribution >= 0.6 is 0 Å². The van der Waals surface area contributed by atoms with Crippen LogP contribution in [0, 0.1) is 0 Å². The average Bonchev–Trinajstić information content (AvgIpc) is 2.77. The van der Waals surface area contributed by atoms with E-state index >= 15 is 0 Å². The van der Waals surface area contributed by atoms with E-state index in [1.165, 1.54) is 42.6 Å². The number of nitrogens with zero attached hydrogens (tertiary/aromatic N) is 1. The summed E-state index contributed by atoms with van der Waals surface area (Å²) in [7, 11) is 0. The number of hydrogen-bond donors (Lipinski definition) is 3. The highest BCUT2D eigenvalue weighted by molar-refractivity contribution is 6.05. The second-order valence-corrected chi connectivity index (χ2v) is 6.72. The number of carbonyl (C=O) groups is 3. The van der Waals surface area contributed by atoms with Crippen molar-refractivity contribution in [2.24, 2.45) is 0 Å². The lowest BCUT2D eigenvalue weighted by Gasteiger charge is -2.09. The maximum absolute atomic E-state index is 12.9. The van der Waals surface area contributed by atoms with E-state index < -0.39 is 29.5 Å². The highest BCUT2D eigenvalue weighted by Gasteiger charge is 2.30. The summed E-state index contributed by atoms with van der Waals surface area (Å²) in [5.74, 6) is -2.48. The average molecular weight is 455 g/mol. The molecule has 168 valence electrons. The van der Waals surface area contributed by atoms with Gasteiger partial charge in [0.25, 0.3) is 5.91 Å². The van der Waals surface area contributed by atoms with Crippen molar-refractivity contribution in [3.63, 3.8) is 0 Å². The fourth-order valence-corrected chi connectivity index (χ4v) is 2.74. The quantitative estimate of drug-likeness (QED) is 0.467. The molecule has 3 aromatic rings. The van der Waals surface area contributed by atoms with Crippen LogP contribution < -0.4 is 10.6 Å². The molecule has 3 rings (SSSR count). The summed E-state index contributed by atoms with van der Waals surface area (Å²) >= 11 is 0. The Hall–Kier alpha value is -4.47. The normalized spacial score (nSPS) is 11.2. The van der Waals surface area contributed by atoms with Gasteiger partial charge in [0.1, 0.15) is 5.69 Å². The van der Waals surface area contributed by atoms with Crippen LogP contribution in [0.25, 0.3) is 6.08 Å².